The van der Waals surface area contributed by atoms with E-state index in [0.717, 1.165) is 0 Å². The van der Waals surface area contributed by atoms with Crippen LogP contribution >= 0.6 is 0 Å². The number of aromatic hydroxyl groups is 1. The van der Waals surface area contributed by atoms with Gasteiger partial charge in [-0.15, -0.1) is 0 Å². The van der Waals surface area contributed by atoms with Gasteiger partial charge in [-0.2, -0.15) is 0 Å². The summed E-state index contributed by atoms with van der Waals surface area (Å²) in [6, 6.07) is 5.01. The van der Waals surface area contributed by atoms with E-state index < -0.39 is 11.9 Å². The molecule has 1 aliphatic rings. The Morgan fingerprint density at radius 3 is 2.72 bits per heavy atom. The molecule has 1 saturated carbocycles. The number of hydrogen-bond donors (Lipinski definition) is 3. The standard InChI is InChI=1S/C13H15NO4/c1-2-11(15)14-10-5-3-4-7(12(10)16)8-6-9(8)13(17)18/h3-5,8-9,16H,2,6H2,1H3,(H,14,15)(H,17,18)/t8-,9+/m0/s1. The van der Waals surface area contributed by atoms with Gasteiger partial charge in [-0.05, 0) is 12.5 Å². The summed E-state index contributed by atoms with van der Waals surface area (Å²) in [6.45, 7) is 1.72. The fourth-order valence-electron chi connectivity index (χ4n) is 2.01. The number of phenols is 1. The molecular weight excluding hydrogens is 234 g/mol. The predicted molar refractivity (Wildman–Crippen MR) is 65.5 cm³/mol. The van der Waals surface area contributed by atoms with Crippen molar-refractivity contribution < 1.29 is 19.8 Å². The van der Waals surface area contributed by atoms with Gasteiger partial charge in [0.2, 0.25) is 5.91 Å². The van der Waals surface area contributed by atoms with Crippen LogP contribution < -0.4 is 5.32 Å². The van der Waals surface area contributed by atoms with Crippen LogP contribution in [-0.2, 0) is 9.59 Å². The molecular formula is C13H15NO4. The van der Waals surface area contributed by atoms with Crippen LogP contribution in [0.1, 0.15) is 31.2 Å². The maximum Gasteiger partial charge on any atom is 0.307 e. The molecule has 1 fully saturated rings. The van der Waals surface area contributed by atoms with Crippen molar-refractivity contribution in [1.29, 1.82) is 0 Å². The number of hydrogen-bond acceptors (Lipinski definition) is 3. The molecule has 18 heavy (non-hydrogen) atoms. The highest BCUT2D eigenvalue weighted by molar-refractivity contribution is 5.92. The summed E-state index contributed by atoms with van der Waals surface area (Å²) < 4.78 is 0. The van der Waals surface area contributed by atoms with Crippen LogP contribution in [0.2, 0.25) is 0 Å². The third-order valence-electron chi connectivity index (χ3n) is 3.17. The van der Waals surface area contributed by atoms with Crippen LogP contribution in [-0.4, -0.2) is 22.1 Å². The smallest absolute Gasteiger partial charge is 0.307 e. The molecule has 0 saturated heterocycles. The summed E-state index contributed by atoms with van der Waals surface area (Å²) in [5.74, 6) is -1.63. The second-order valence-electron chi connectivity index (χ2n) is 4.43. The van der Waals surface area contributed by atoms with Crippen molar-refractivity contribution in [2.24, 2.45) is 5.92 Å². The second kappa shape index (κ2) is 4.68. The van der Waals surface area contributed by atoms with E-state index in [4.69, 9.17) is 5.11 Å². The van der Waals surface area contributed by atoms with Crippen molar-refractivity contribution in [3.05, 3.63) is 23.8 Å². The maximum absolute atomic E-state index is 11.3. The highest BCUT2D eigenvalue weighted by Crippen LogP contribution is 2.51. The molecule has 0 unspecified atom stereocenters. The Balaban J connectivity index is 2.21. The largest absolute Gasteiger partial charge is 0.505 e. The number of anilines is 1. The van der Waals surface area contributed by atoms with Gasteiger partial charge in [0, 0.05) is 17.9 Å². The highest BCUT2D eigenvalue weighted by Gasteiger charge is 2.45. The number of nitrogens with one attached hydrogen (secondary N) is 1. The zero-order valence-electron chi connectivity index (χ0n) is 10.0. The number of amides is 1. The first-order valence-corrected chi connectivity index (χ1v) is 5.89. The van der Waals surface area contributed by atoms with Crippen molar-refractivity contribution in [3.63, 3.8) is 0 Å². The zero-order valence-corrected chi connectivity index (χ0v) is 10.0. The van der Waals surface area contributed by atoms with Gasteiger partial charge in [0.05, 0.1) is 11.6 Å². The first kappa shape index (κ1) is 12.4. The van der Waals surface area contributed by atoms with Crippen LogP contribution in [0, 0.1) is 5.92 Å². The summed E-state index contributed by atoms with van der Waals surface area (Å²) in [5.41, 5.74) is 0.937. The number of carboxylic acid groups (broad SMARTS) is 1. The lowest BCUT2D eigenvalue weighted by Crippen LogP contribution is -2.10. The summed E-state index contributed by atoms with van der Waals surface area (Å²) in [4.78, 5) is 22.1. The fraction of sp³-hybridized carbons (Fsp3) is 0.385. The van der Waals surface area contributed by atoms with E-state index in [9.17, 15) is 14.7 Å². The summed E-state index contributed by atoms with van der Waals surface area (Å²) in [7, 11) is 0. The second-order valence-corrected chi connectivity index (χ2v) is 4.43. The van der Waals surface area contributed by atoms with E-state index in [0.29, 0.717) is 24.1 Å². The number of benzene rings is 1. The number of phenolic OH excluding ortho intramolecular Hbond substituents is 1. The van der Waals surface area contributed by atoms with Crippen molar-refractivity contribution in [2.75, 3.05) is 5.32 Å². The Kier molecular flexibility index (Phi) is 3.23. The molecule has 5 heteroatoms. The fourth-order valence-corrected chi connectivity index (χ4v) is 2.01. The number of carbonyl (C=O) groups excluding carboxylic acids is 1. The molecule has 0 radical (unpaired) electrons. The van der Waals surface area contributed by atoms with Crippen LogP contribution in [0.3, 0.4) is 0 Å². The molecule has 1 amide bonds. The maximum atomic E-state index is 11.3. The molecule has 96 valence electrons. The Hall–Kier alpha value is -2.04. The lowest BCUT2D eigenvalue weighted by molar-refractivity contribution is -0.138. The minimum absolute atomic E-state index is 0.0203. The SMILES string of the molecule is CCC(=O)Nc1cccc([C@@H]2C[C@H]2C(=O)O)c1O. The van der Waals surface area contributed by atoms with Crippen molar-refractivity contribution in [1.82, 2.24) is 0 Å². The van der Waals surface area contributed by atoms with E-state index >= 15 is 0 Å². The van der Waals surface area contributed by atoms with Gasteiger partial charge in [-0.25, -0.2) is 0 Å². The molecule has 0 heterocycles. The van der Waals surface area contributed by atoms with Gasteiger partial charge in [0.15, 0.2) is 0 Å². The number of aliphatic carboxylic acids is 1. The van der Waals surface area contributed by atoms with E-state index in [1.165, 1.54) is 0 Å². The normalized spacial score (nSPS) is 21.4. The molecule has 5 nitrogen and oxygen atoms in total. The Morgan fingerprint density at radius 2 is 2.17 bits per heavy atom. The van der Waals surface area contributed by atoms with Gasteiger partial charge in [-0.3, -0.25) is 9.59 Å². The first-order valence-electron chi connectivity index (χ1n) is 5.89. The third-order valence-corrected chi connectivity index (χ3v) is 3.17. The highest BCUT2D eigenvalue weighted by atomic mass is 16.4. The van der Waals surface area contributed by atoms with Gasteiger partial charge in [-0.1, -0.05) is 19.1 Å². The van der Waals surface area contributed by atoms with Crippen LogP contribution in [0.25, 0.3) is 0 Å². The molecule has 0 bridgehead atoms. The number of rotatable bonds is 4. The Labute approximate surface area is 104 Å². The van der Waals surface area contributed by atoms with Crippen LogP contribution in [0.4, 0.5) is 5.69 Å². The van der Waals surface area contributed by atoms with Crippen molar-refractivity contribution >= 4 is 17.6 Å². The van der Waals surface area contributed by atoms with E-state index in [1.807, 2.05) is 0 Å². The summed E-state index contributed by atoms with van der Waals surface area (Å²) in [5, 5.41) is 21.5. The molecule has 1 aromatic rings. The van der Waals surface area contributed by atoms with Crippen molar-refractivity contribution in [2.45, 2.75) is 25.7 Å². The molecule has 0 aromatic heterocycles. The lowest BCUT2D eigenvalue weighted by Gasteiger charge is -2.10. The average Bonchev–Trinajstić information content (AvgIpc) is 3.11. The van der Waals surface area contributed by atoms with Gasteiger partial charge < -0.3 is 15.5 Å². The first-order chi connectivity index (χ1) is 8.54. The Morgan fingerprint density at radius 1 is 1.44 bits per heavy atom. The minimum Gasteiger partial charge on any atom is -0.505 e. The average molecular weight is 249 g/mol. The molecule has 2 atom stereocenters. The summed E-state index contributed by atoms with van der Waals surface area (Å²) >= 11 is 0. The molecule has 0 aliphatic heterocycles. The topological polar surface area (TPSA) is 86.6 Å². The number of para-hydroxylation sites is 1. The monoisotopic (exact) mass is 249 g/mol. The van der Waals surface area contributed by atoms with E-state index in [-0.39, 0.29) is 17.6 Å². The molecule has 1 aliphatic carbocycles. The molecule has 3 N–H and O–H groups in total. The van der Waals surface area contributed by atoms with E-state index in [1.54, 1.807) is 25.1 Å². The van der Waals surface area contributed by atoms with Crippen LogP contribution in [0.15, 0.2) is 18.2 Å². The predicted octanol–water partition coefficient (Wildman–Crippen LogP) is 1.93. The van der Waals surface area contributed by atoms with Crippen molar-refractivity contribution in [3.8, 4) is 5.75 Å². The summed E-state index contributed by atoms with van der Waals surface area (Å²) in [6.07, 6.45) is 0.860. The zero-order chi connectivity index (χ0) is 13.3. The third kappa shape index (κ3) is 2.30. The van der Waals surface area contributed by atoms with E-state index in [2.05, 4.69) is 5.32 Å². The quantitative estimate of drug-likeness (QED) is 0.711. The van der Waals surface area contributed by atoms with Gasteiger partial charge in [0.25, 0.3) is 0 Å². The van der Waals surface area contributed by atoms with Gasteiger partial charge >= 0.3 is 5.97 Å². The van der Waals surface area contributed by atoms with Crippen LogP contribution in [0.5, 0.6) is 5.75 Å². The molecule has 0 spiro atoms. The number of carbonyl (C=O) groups is 2. The Bertz CT molecular complexity index is 498. The minimum atomic E-state index is -0.845. The number of carboxylic acids is 1. The lowest BCUT2D eigenvalue weighted by atomic mass is 10.1. The van der Waals surface area contributed by atoms with Gasteiger partial charge in [0.1, 0.15) is 5.75 Å². The molecule has 1 aromatic carbocycles. The molecule has 2 rings (SSSR count).